The van der Waals surface area contributed by atoms with Crippen molar-refractivity contribution in [2.45, 2.75) is 26.2 Å². The molecule has 3 amide bonds. The Kier molecular flexibility index (Phi) is 6.86. The summed E-state index contributed by atoms with van der Waals surface area (Å²) in [6.45, 7) is 1.65. The van der Waals surface area contributed by atoms with Crippen LogP contribution in [-0.2, 0) is 6.42 Å². The molecular formula is C24H20FN5O6. The van der Waals surface area contributed by atoms with Crippen LogP contribution >= 0.6 is 0 Å². The van der Waals surface area contributed by atoms with Crippen LogP contribution in [0.1, 0.15) is 61.0 Å². The number of non-ortho nitro benzene ring substituents is 1. The van der Waals surface area contributed by atoms with E-state index in [4.69, 9.17) is 4.42 Å². The van der Waals surface area contributed by atoms with Gasteiger partial charge in [-0.2, -0.15) is 5.10 Å². The van der Waals surface area contributed by atoms with Crippen LogP contribution in [0.3, 0.4) is 0 Å². The molecule has 4 rings (SSSR count). The number of nitrogens with zero attached hydrogens (tertiary/aromatic N) is 2. The number of amides is 3. The van der Waals surface area contributed by atoms with Crippen molar-refractivity contribution in [3.8, 4) is 0 Å². The molecule has 0 radical (unpaired) electrons. The lowest BCUT2D eigenvalue weighted by molar-refractivity contribution is -0.384. The number of aryl methyl sites for hydroxylation is 1. The largest absolute Gasteiger partial charge is 0.455 e. The Balaban J connectivity index is 1.47. The number of fused-ring (bicyclic) bond motifs is 1. The fourth-order valence-electron chi connectivity index (χ4n) is 3.80. The minimum absolute atomic E-state index is 0.0508. The third-order valence-corrected chi connectivity index (χ3v) is 5.57. The normalized spacial score (nSPS) is 13.6. The summed E-state index contributed by atoms with van der Waals surface area (Å²) in [5.41, 5.74) is 8.17. The van der Waals surface area contributed by atoms with Gasteiger partial charge in [0.15, 0.2) is 5.76 Å². The average Bonchev–Trinajstić information content (AvgIpc) is 3.23. The molecule has 184 valence electrons. The first kappa shape index (κ1) is 24.3. The Hall–Kier alpha value is -4.87. The fraction of sp³-hybridized carbons (Fsp3) is 0.167. The standard InChI is InChI=1S/C24H20FN5O6/c1-13-20-18(26-27-22(31)14-9-11-15(12-10-14)30(34)35)7-4-8-19(20)36-21(13)24(33)29-28-23(32)16-5-2-3-6-17(16)25/h2-3,5-6,9-12H,4,7-8H2,1H3,(H,27,31)(H,28,32)(H,29,33)/b26-18+. The lowest BCUT2D eigenvalue weighted by Gasteiger charge is -2.13. The van der Waals surface area contributed by atoms with Crippen LogP contribution in [0, 0.1) is 22.9 Å². The fourth-order valence-corrected chi connectivity index (χ4v) is 3.80. The average molecular weight is 493 g/mol. The number of hydrazone groups is 1. The summed E-state index contributed by atoms with van der Waals surface area (Å²) in [6, 6.07) is 10.4. The van der Waals surface area contributed by atoms with Gasteiger partial charge in [0.25, 0.3) is 17.5 Å². The number of nitro benzene ring substituents is 1. The second-order valence-electron chi connectivity index (χ2n) is 7.90. The molecule has 0 saturated heterocycles. The van der Waals surface area contributed by atoms with Gasteiger partial charge >= 0.3 is 5.91 Å². The molecule has 0 spiro atoms. The number of benzene rings is 2. The van der Waals surface area contributed by atoms with Gasteiger partial charge in [-0.15, -0.1) is 0 Å². The number of nitro groups is 1. The van der Waals surface area contributed by atoms with Crippen LogP contribution in [0.2, 0.25) is 0 Å². The maximum Gasteiger partial charge on any atom is 0.305 e. The van der Waals surface area contributed by atoms with Gasteiger partial charge in [0.1, 0.15) is 11.6 Å². The van der Waals surface area contributed by atoms with E-state index in [0.717, 1.165) is 6.07 Å². The summed E-state index contributed by atoms with van der Waals surface area (Å²) >= 11 is 0. The number of halogens is 1. The van der Waals surface area contributed by atoms with Crippen molar-refractivity contribution >= 4 is 29.1 Å². The van der Waals surface area contributed by atoms with Crippen LogP contribution in [0.5, 0.6) is 0 Å². The molecule has 3 N–H and O–H groups in total. The molecule has 0 unspecified atom stereocenters. The van der Waals surface area contributed by atoms with E-state index >= 15 is 0 Å². The topological polar surface area (TPSA) is 156 Å². The second-order valence-corrected chi connectivity index (χ2v) is 7.90. The summed E-state index contributed by atoms with van der Waals surface area (Å²) in [6.07, 6.45) is 1.72. The maximum atomic E-state index is 13.8. The third kappa shape index (κ3) is 4.97. The minimum Gasteiger partial charge on any atom is -0.455 e. The van der Waals surface area contributed by atoms with Crippen molar-refractivity contribution in [2.75, 3.05) is 0 Å². The first-order valence-corrected chi connectivity index (χ1v) is 10.9. The highest BCUT2D eigenvalue weighted by Gasteiger charge is 2.28. The Morgan fingerprint density at radius 1 is 1.00 bits per heavy atom. The Labute approximate surface area is 203 Å². The second kappa shape index (κ2) is 10.2. The summed E-state index contributed by atoms with van der Waals surface area (Å²) in [5.74, 6) is -2.39. The number of rotatable bonds is 5. The molecule has 3 aromatic rings. The van der Waals surface area contributed by atoms with Gasteiger partial charge in [0.2, 0.25) is 0 Å². The molecular weight excluding hydrogens is 473 g/mol. The van der Waals surface area contributed by atoms with Gasteiger partial charge in [0.05, 0.1) is 16.2 Å². The predicted molar refractivity (Wildman–Crippen MR) is 125 cm³/mol. The SMILES string of the molecule is Cc1c(C(=O)NNC(=O)c2ccccc2F)oc2c1/C(=N/NC(=O)c1ccc([N+](=O)[O-])cc1)CCC2. The van der Waals surface area contributed by atoms with E-state index in [1.54, 1.807) is 6.92 Å². The smallest absolute Gasteiger partial charge is 0.305 e. The van der Waals surface area contributed by atoms with Gasteiger partial charge in [-0.25, -0.2) is 9.82 Å². The molecule has 0 fully saturated rings. The van der Waals surface area contributed by atoms with E-state index in [1.807, 2.05) is 0 Å². The molecule has 1 aromatic heterocycles. The van der Waals surface area contributed by atoms with Gasteiger partial charge < -0.3 is 4.42 Å². The van der Waals surface area contributed by atoms with Crippen molar-refractivity contribution in [1.82, 2.24) is 16.3 Å². The zero-order chi connectivity index (χ0) is 25.8. The molecule has 1 aliphatic rings. The highest BCUT2D eigenvalue weighted by Crippen LogP contribution is 2.29. The van der Waals surface area contributed by atoms with Crippen LogP contribution in [-0.4, -0.2) is 28.4 Å². The molecule has 2 aromatic carbocycles. The van der Waals surface area contributed by atoms with Gasteiger partial charge in [-0.3, -0.25) is 35.3 Å². The molecule has 1 heterocycles. The third-order valence-electron chi connectivity index (χ3n) is 5.57. The highest BCUT2D eigenvalue weighted by atomic mass is 19.1. The molecule has 12 heteroatoms. The lowest BCUT2D eigenvalue weighted by atomic mass is 9.93. The number of hydrazine groups is 1. The van der Waals surface area contributed by atoms with E-state index < -0.39 is 28.5 Å². The summed E-state index contributed by atoms with van der Waals surface area (Å²) < 4.78 is 19.5. The van der Waals surface area contributed by atoms with E-state index in [9.17, 15) is 28.9 Å². The molecule has 1 aliphatic carbocycles. The van der Waals surface area contributed by atoms with Crippen molar-refractivity contribution < 1.29 is 28.1 Å². The highest BCUT2D eigenvalue weighted by molar-refractivity contribution is 6.07. The molecule has 0 atom stereocenters. The van der Waals surface area contributed by atoms with E-state index in [1.165, 1.54) is 42.5 Å². The number of carbonyl (C=O) groups is 3. The van der Waals surface area contributed by atoms with Crippen molar-refractivity contribution in [3.63, 3.8) is 0 Å². The summed E-state index contributed by atoms with van der Waals surface area (Å²) in [5, 5.41) is 15.0. The van der Waals surface area contributed by atoms with Crippen LogP contribution in [0.4, 0.5) is 10.1 Å². The summed E-state index contributed by atoms with van der Waals surface area (Å²) in [7, 11) is 0. The van der Waals surface area contributed by atoms with Gasteiger partial charge in [0, 0.05) is 35.2 Å². The van der Waals surface area contributed by atoms with E-state index in [0.29, 0.717) is 41.9 Å². The molecule has 36 heavy (non-hydrogen) atoms. The number of hydrogen-bond acceptors (Lipinski definition) is 7. The molecule has 0 bridgehead atoms. The zero-order valence-corrected chi connectivity index (χ0v) is 19.0. The first-order valence-electron chi connectivity index (χ1n) is 10.9. The monoisotopic (exact) mass is 493 g/mol. The molecule has 11 nitrogen and oxygen atoms in total. The summed E-state index contributed by atoms with van der Waals surface area (Å²) in [4.78, 5) is 47.5. The Morgan fingerprint density at radius 2 is 1.69 bits per heavy atom. The van der Waals surface area contributed by atoms with Crippen molar-refractivity contribution in [2.24, 2.45) is 5.10 Å². The van der Waals surface area contributed by atoms with Gasteiger partial charge in [-0.1, -0.05) is 12.1 Å². The Bertz CT molecular complexity index is 1400. The Morgan fingerprint density at radius 3 is 2.39 bits per heavy atom. The van der Waals surface area contributed by atoms with Crippen molar-refractivity contribution in [3.05, 3.63) is 98.2 Å². The predicted octanol–water partition coefficient (Wildman–Crippen LogP) is 3.18. The first-order chi connectivity index (χ1) is 17.3. The number of nitrogens with one attached hydrogen (secondary N) is 3. The van der Waals surface area contributed by atoms with E-state index in [-0.39, 0.29) is 22.6 Å². The van der Waals surface area contributed by atoms with E-state index in [2.05, 4.69) is 21.4 Å². The maximum absolute atomic E-state index is 13.8. The zero-order valence-electron chi connectivity index (χ0n) is 19.0. The lowest BCUT2D eigenvalue weighted by Crippen LogP contribution is -2.42. The van der Waals surface area contributed by atoms with Crippen LogP contribution in [0.15, 0.2) is 58.0 Å². The van der Waals surface area contributed by atoms with Crippen molar-refractivity contribution in [1.29, 1.82) is 0 Å². The number of carbonyl (C=O) groups excluding carboxylic acids is 3. The van der Waals surface area contributed by atoms with Crippen LogP contribution < -0.4 is 16.3 Å². The molecule has 0 saturated carbocycles. The number of hydrogen-bond donors (Lipinski definition) is 3. The molecule has 0 aliphatic heterocycles. The van der Waals surface area contributed by atoms with Gasteiger partial charge in [-0.05, 0) is 44.0 Å². The quantitative estimate of drug-likeness (QED) is 0.366. The van der Waals surface area contributed by atoms with Crippen LogP contribution in [0.25, 0.3) is 0 Å². The minimum atomic E-state index is -0.827. The number of furan rings is 1.